The van der Waals surface area contributed by atoms with Crippen molar-refractivity contribution in [2.45, 2.75) is 90.5 Å². The predicted octanol–water partition coefficient (Wildman–Crippen LogP) is 4.24. The van der Waals surface area contributed by atoms with Crippen molar-refractivity contribution in [3.8, 4) is 0 Å². The van der Waals surface area contributed by atoms with Crippen LogP contribution in [0.2, 0.25) is 0 Å². The standard InChI is InChI=1S/C38H44O11/c1-8-36(6)20-25(48-32(42)23-15-11-9-12-16-23)29-37(7)26(19-27(46-21(2)39)38(29,45)34(36)44)35(4,5)31(47-22(3)40)28(30(37)41)49-33(43)24-17-13-10-14-18-24/h8-18,25-31,41,45H,1,19-20H2,2-7H3. The number of hydrogen-bond acceptors (Lipinski definition) is 11. The molecule has 11 heteroatoms. The van der Waals surface area contributed by atoms with E-state index in [1.54, 1.807) is 76.2 Å². The van der Waals surface area contributed by atoms with Gasteiger partial charge in [0.05, 0.1) is 16.5 Å². The Labute approximate surface area is 285 Å². The number of fused-ring (bicyclic) bond motifs is 3. The largest absolute Gasteiger partial charge is 0.459 e. The molecule has 3 aliphatic carbocycles. The molecule has 3 saturated carbocycles. The molecule has 3 aliphatic rings. The van der Waals surface area contributed by atoms with Gasteiger partial charge in [-0.1, -0.05) is 63.2 Å². The van der Waals surface area contributed by atoms with Gasteiger partial charge in [-0.3, -0.25) is 14.4 Å². The maximum atomic E-state index is 14.6. The molecule has 10 unspecified atom stereocenters. The third kappa shape index (κ3) is 5.86. The molecule has 2 aromatic carbocycles. The monoisotopic (exact) mass is 676 g/mol. The van der Waals surface area contributed by atoms with Crippen LogP contribution in [0.1, 0.15) is 75.1 Å². The molecule has 49 heavy (non-hydrogen) atoms. The Balaban J connectivity index is 1.73. The first-order valence-electron chi connectivity index (χ1n) is 16.4. The highest BCUT2D eigenvalue weighted by Gasteiger charge is 2.78. The van der Waals surface area contributed by atoms with Gasteiger partial charge < -0.3 is 29.2 Å². The molecule has 2 N–H and O–H groups in total. The maximum absolute atomic E-state index is 14.6. The number of aliphatic hydroxyl groups is 2. The van der Waals surface area contributed by atoms with E-state index < -0.39 is 93.9 Å². The lowest BCUT2D eigenvalue weighted by atomic mass is 9.39. The number of hydrogen-bond donors (Lipinski definition) is 2. The van der Waals surface area contributed by atoms with Crippen molar-refractivity contribution in [1.29, 1.82) is 0 Å². The molecule has 11 nitrogen and oxygen atoms in total. The molecular formula is C38H44O11. The highest BCUT2D eigenvalue weighted by Crippen LogP contribution is 2.67. The summed E-state index contributed by atoms with van der Waals surface area (Å²) < 4.78 is 23.7. The molecule has 0 spiro atoms. The van der Waals surface area contributed by atoms with Crippen molar-refractivity contribution in [2.24, 2.45) is 28.1 Å². The molecule has 10 atom stereocenters. The minimum atomic E-state index is -2.50. The number of rotatable bonds is 7. The quantitative estimate of drug-likeness (QED) is 0.245. The molecule has 0 heterocycles. The van der Waals surface area contributed by atoms with E-state index in [-0.39, 0.29) is 24.0 Å². The van der Waals surface area contributed by atoms with E-state index in [9.17, 15) is 34.2 Å². The van der Waals surface area contributed by atoms with Crippen LogP contribution in [0.15, 0.2) is 73.3 Å². The topological polar surface area (TPSA) is 163 Å². The Morgan fingerprint density at radius 3 is 1.82 bits per heavy atom. The fourth-order valence-corrected chi connectivity index (χ4v) is 8.93. The molecule has 0 aliphatic heterocycles. The first-order chi connectivity index (χ1) is 22.9. The Bertz CT molecular complexity index is 1640. The number of allylic oxidation sites excluding steroid dienone is 1. The van der Waals surface area contributed by atoms with Crippen molar-refractivity contribution in [3.63, 3.8) is 0 Å². The second-order valence-corrected chi connectivity index (χ2v) is 14.6. The van der Waals surface area contributed by atoms with Crippen LogP contribution in [0.5, 0.6) is 0 Å². The molecule has 5 rings (SSSR count). The summed E-state index contributed by atoms with van der Waals surface area (Å²) in [4.78, 5) is 66.8. The first-order valence-corrected chi connectivity index (χ1v) is 16.4. The molecule has 0 radical (unpaired) electrons. The smallest absolute Gasteiger partial charge is 0.338 e. The van der Waals surface area contributed by atoms with Gasteiger partial charge in [0.25, 0.3) is 0 Å². The van der Waals surface area contributed by atoms with Crippen LogP contribution in [0.4, 0.5) is 0 Å². The van der Waals surface area contributed by atoms with Gasteiger partial charge in [-0.2, -0.15) is 0 Å². The molecule has 262 valence electrons. The third-order valence-electron chi connectivity index (χ3n) is 11.2. The SMILES string of the molecule is C=CC1(C)CC(OC(=O)c2ccccc2)C2C(O)(C1=O)C(OC(C)=O)CC1C(C)(C)C(OC(C)=O)C(OC(=O)c3ccccc3)C(O)C12C. The zero-order valence-corrected chi connectivity index (χ0v) is 28.6. The van der Waals surface area contributed by atoms with E-state index in [2.05, 4.69) is 6.58 Å². The van der Waals surface area contributed by atoms with Crippen LogP contribution in [-0.4, -0.2) is 76.0 Å². The predicted molar refractivity (Wildman–Crippen MR) is 175 cm³/mol. The number of carbonyl (C=O) groups is 5. The third-order valence-corrected chi connectivity index (χ3v) is 11.2. The summed E-state index contributed by atoms with van der Waals surface area (Å²) in [5.74, 6) is -5.88. The van der Waals surface area contributed by atoms with Gasteiger partial charge in [0.15, 0.2) is 17.5 Å². The minimum absolute atomic E-state index is 0.120. The van der Waals surface area contributed by atoms with Crippen LogP contribution in [0.3, 0.4) is 0 Å². The normalized spacial score (nSPS) is 36.2. The number of ketones is 1. The number of esters is 4. The highest BCUT2D eigenvalue weighted by atomic mass is 16.6. The van der Waals surface area contributed by atoms with E-state index in [1.807, 2.05) is 0 Å². The second kappa shape index (κ2) is 12.8. The molecule has 0 amide bonds. The number of Topliss-reactive ketones (excluding diaryl/α,β-unsaturated/α-hetero) is 1. The van der Waals surface area contributed by atoms with Crippen LogP contribution in [0, 0.1) is 28.1 Å². The van der Waals surface area contributed by atoms with Gasteiger partial charge in [-0.05, 0) is 43.5 Å². The Morgan fingerprint density at radius 2 is 1.33 bits per heavy atom. The van der Waals surface area contributed by atoms with E-state index in [0.717, 1.165) is 6.92 Å². The fourth-order valence-electron chi connectivity index (χ4n) is 8.93. The minimum Gasteiger partial charge on any atom is -0.459 e. The first kappa shape index (κ1) is 35.9. The second-order valence-electron chi connectivity index (χ2n) is 14.6. The summed E-state index contributed by atoms with van der Waals surface area (Å²) in [5, 5.41) is 25.4. The van der Waals surface area contributed by atoms with E-state index in [0.29, 0.717) is 0 Å². The lowest BCUT2D eigenvalue weighted by Crippen LogP contribution is -2.80. The van der Waals surface area contributed by atoms with Crippen molar-refractivity contribution in [2.75, 3.05) is 0 Å². The van der Waals surface area contributed by atoms with Crippen molar-refractivity contribution < 1.29 is 53.1 Å². The zero-order valence-electron chi connectivity index (χ0n) is 28.6. The summed E-state index contributed by atoms with van der Waals surface area (Å²) in [7, 11) is 0. The highest BCUT2D eigenvalue weighted by molar-refractivity contribution is 5.97. The Morgan fingerprint density at radius 1 is 0.816 bits per heavy atom. The summed E-state index contributed by atoms with van der Waals surface area (Å²) in [6.07, 6.45) is -5.98. The summed E-state index contributed by atoms with van der Waals surface area (Å²) >= 11 is 0. The number of benzene rings is 2. The van der Waals surface area contributed by atoms with E-state index in [1.165, 1.54) is 25.1 Å². The summed E-state index contributed by atoms with van der Waals surface area (Å²) in [5.41, 5.74) is -6.26. The summed E-state index contributed by atoms with van der Waals surface area (Å²) in [6, 6.07) is 16.2. The van der Waals surface area contributed by atoms with Gasteiger partial charge >= 0.3 is 23.9 Å². The van der Waals surface area contributed by atoms with E-state index in [4.69, 9.17) is 18.9 Å². The Kier molecular flexibility index (Phi) is 9.42. The van der Waals surface area contributed by atoms with Crippen molar-refractivity contribution in [3.05, 3.63) is 84.4 Å². The lowest BCUT2D eigenvalue weighted by molar-refractivity contribution is -0.313. The Hall–Kier alpha value is -4.35. The van der Waals surface area contributed by atoms with Gasteiger partial charge in [0.1, 0.15) is 24.4 Å². The van der Waals surface area contributed by atoms with Gasteiger partial charge in [0.2, 0.25) is 0 Å². The van der Waals surface area contributed by atoms with Crippen LogP contribution in [-0.2, 0) is 33.3 Å². The average molecular weight is 677 g/mol. The van der Waals surface area contributed by atoms with Gasteiger partial charge in [0, 0.05) is 37.0 Å². The fraction of sp³-hybridized carbons (Fsp3) is 0.500. The van der Waals surface area contributed by atoms with Crippen molar-refractivity contribution in [1.82, 2.24) is 0 Å². The molecule has 0 aromatic heterocycles. The van der Waals surface area contributed by atoms with Crippen LogP contribution in [0.25, 0.3) is 0 Å². The zero-order chi connectivity index (χ0) is 36.1. The number of aliphatic hydroxyl groups excluding tert-OH is 1. The number of ether oxygens (including phenoxy) is 4. The van der Waals surface area contributed by atoms with Gasteiger partial charge in [-0.25, -0.2) is 9.59 Å². The van der Waals surface area contributed by atoms with Crippen molar-refractivity contribution >= 4 is 29.7 Å². The number of carbonyl (C=O) groups excluding carboxylic acids is 5. The lowest BCUT2D eigenvalue weighted by Gasteiger charge is -2.69. The van der Waals surface area contributed by atoms with E-state index >= 15 is 0 Å². The maximum Gasteiger partial charge on any atom is 0.338 e. The molecule has 2 aromatic rings. The molecule has 0 bridgehead atoms. The average Bonchev–Trinajstić information content (AvgIpc) is 3.05. The summed E-state index contributed by atoms with van der Waals surface area (Å²) in [6.45, 7) is 12.9. The van der Waals surface area contributed by atoms with Gasteiger partial charge in [-0.15, -0.1) is 6.58 Å². The molecule has 0 saturated heterocycles. The van der Waals surface area contributed by atoms with Crippen LogP contribution >= 0.6 is 0 Å². The van der Waals surface area contributed by atoms with Crippen LogP contribution < -0.4 is 0 Å². The molecule has 3 fully saturated rings. The molecular weight excluding hydrogens is 632 g/mol.